The van der Waals surface area contributed by atoms with Crippen LogP contribution >= 0.6 is 0 Å². The van der Waals surface area contributed by atoms with E-state index >= 15 is 0 Å². The number of benzene rings is 2. The Morgan fingerprint density at radius 1 is 1.14 bits per heavy atom. The third-order valence-electron chi connectivity index (χ3n) is 3.81. The van der Waals surface area contributed by atoms with E-state index in [9.17, 15) is 0 Å². The van der Waals surface area contributed by atoms with Gasteiger partial charge in [-0.3, -0.25) is 0 Å². The number of aromatic nitrogens is 2. The Kier molecular flexibility index (Phi) is 3.72. The molecule has 22 heavy (non-hydrogen) atoms. The third-order valence-corrected chi connectivity index (χ3v) is 3.81. The average molecular weight is 291 g/mol. The maximum Gasteiger partial charge on any atom is 0.138 e. The zero-order valence-electron chi connectivity index (χ0n) is 13.3. The maximum atomic E-state index is 4.66. The summed E-state index contributed by atoms with van der Waals surface area (Å²) >= 11 is 0. The lowest BCUT2D eigenvalue weighted by Gasteiger charge is -2.12. The molecule has 0 bridgehead atoms. The zero-order valence-corrected chi connectivity index (χ0v) is 13.3. The van der Waals surface area contributed by atoms with Crippen LogP contribution in [0.1, 0.15) is 19.4 Å². The molecule has 1 aromatic heterocycles. The van der Waals surface area contributed by atoms with Crippen molar-refractivity contribution >= 4 is 16.7 Å². The number of hydrogen-bond acceptors (Lipinski definition) is 2. The summed E-state index contributed by atoms with van der Waals surface area (Å²) in [5.41, 5.74) is 6.39. The van der Waals surface area contributed by atoms with Gasteiger partial charge in [-0.05, 0) is 31.0 Å². The van der Waals surface area contributed by atoms with Crippen molar-refractivity contribution in [3.05, 3.63) is 60.3 Å². The fourth-order valence-electron chi connectivity index (χ4n) is 2.27. The Morgan fingerprint density at radius 3 is 2.55 bits per heavy atom. The van der Waals surface area contributed by atoms with E-state index in [1.807, 2.05) is 12.1 Å². The van der Waals surface area contributed by atoms with Crippen molar-refractivity contribution in [1.29, 1.82) is 0 Å². The van der Waals surface area contributed by atoms with Gasteiger partial charge in [0.2, 0.25) is 0 Å². The highest BCUT2D eigenvalue weighted by Gasteiger charge is 2.07. The number of rotatable bonds is 4. The minimum atomic E-state index is 0.403. The fraction of sp³-hybridized carbons (Fsp3) is 0.211. The molecule has 2 N–H and O–H groups in total. The van der Waals surface area contributed by atoms with Crippen molar-refractivity contribution in [3.8, 4) is 11.4 Å². The zero-order chi connectivity index (χ0) is 15.7. The van der Waals surface area contributed by atoms with Gasteiger partial charge in [0, 0.05) is 16.9 Å². The molecule has 0 saturated carbocycles. The van der Waals surface area contributed by atoms with Gasteiger partial charge >= 0.3 is 0 Å². The van der Waals surface area contributed by atoms with E-state index in [1.165, 1.54) is 5.56 Å². The van der Waals surface area contributed by atoms with E-state index in [1.54, 1.807) is 0 Å². The SMILES string of the molecule is C=C(Nc1ccc2nc(-c3ccc(C)cc3)[nH]c2c1)C(C)C. The second-order valence-corrected chi connectivity index (χ2v) is 5.99. The molecule has 0 spiro atoms. The Hall–Kier alpha value is -2.55. The van der Waals surface area contributed by atoms with Crippen LogP contribution in [-0.4, -0.2) is 9.97 Å². The van der Waals surface area contributed by atoms with Crippen LogP contribution < -0.4 is 5.32 Å². The van der Waals surface area contributed by atoms with E-state index in [2.05, 4.69) is 73.0 Å². The van der Waals surface area contributed by atoms with Crippen LogP contribution in [0.4, 0.5) is 5.69 Å². The van der Waals surface area contributed by atoms with Gasteiger partial charge in [-0.25, -0.2) is 4.98 Å². The molecule has 3 heteroatoms. The summed E-state index contributed by atoms with van der Waals surface area (Å²) in [6.45, 7) is 10.4. The highest BCUT2D eigenvalue weighted by molar-refractivity contribution is 5.83. The molecule has 0 amide bonds. The van der Waals surface area contributed by atoms with Gasteiger partial charge in [0.05, 0.1) is 11.0 Å². The molecule has 0 unspecified atom stereocenters. The fourth-order valence-corrected chi connectivity index (χ4v) is 2.27. The first-order valence-corrected chi connectivity index (χ1v) is 7.55. The number of H-pyrrole nitrogens is 1. The van der Waals surface area contributed by atoms with Crippen molar-refractivity contribution in [2.24, 2.45) is 5.92 Å². The van der Waals surface area contributed by atoms with Crippen molar-refractivity contribution in [1.82, 2.24) is 9.97 Å². The Bertz CT molecular complexity index is 810. The second-order valence-electron chi connectivity index (χ2n) is 5.99. The molecule has 0 radical (unpaired) electrons. The molecule has 0 aliphatic rings. The van der Waals surface area contributed by atoms with E-state index in [0.29, 0.717) is 5.92 Å². The van der Waals surface area contributed by atoms with Gasteiger partial charge in [-0.1, -0.05) is 50.3 Å². The lowest BCUT2D eigenvalue weighted by Crippen LogP contribution is -2.04. The van der Waals surface area contributed by atoms with Crippen molar-refractivity contribution in [2.45, 2.75) is 20.8 Å². The highest BCUT2D eigenvalue weighted by Crippen LogP contribution is 2.24. The molecule has 2 aromatic carbocycles. The number of nitrogens with one attached hydrogen (secondary N) is 2. The topological polar surface area (TPSA) is 40.7 Å². The molecule has 112 valence electrons. The monoisotopic (exact) mass is 291 g/mol. The maximum absolute atomic E-state index is 4.66. The summed E-state index contributed by atoms with van der Waals surface area (Å²) in [7, 11) is 0. The first kappa shape index (κ1) is 14.4. The number of nitrogens with zero attached hydrogens (tertiary/aromatic N) is 1. The summed E-state index contributed by atoms with van der Waals surface area (Å²) < 4.78 is 0. The van der Waals surface area contributed by atoms with E-state index < -0.39 is 0 Å². The molecule has 0 atom stereocenters. The number of anilines is 1. The van der Waals surface area contributed by atoms with Crippen LogP contribution in [0, 0.1) is 12.8 Å². The van der Waals surface area contributed by atoms with Crippen molar-refractivity contribution in [2.75, 3.05) is 5.32 Å². The predicted molar refractivity (Wildman–Crippen MR) is 93.9 cm³/mol. The van der Waals surface area contributed by atoms with Crippen LogP contribution in [0.2, 0.25) is 0 Å². The molecular weight excluding hydrogens is 270 g/mol. The molecular formula is C19H21N3. The van der Waals surface area contributed by atoms with Gasteiger partial charge in [0.25, 0.3) is 0 Å². The van der Waals surface area contributed by atoms with Crippen LogP contribution in [-0.2, 0) is 0 Å². The van der Waals surface area contributed by atoms with Crippen LogP contribution in [0.25, 0.3) is 22.4 Å². The summed E-state index contributed by atoms with van der Waals surface area (Å²) in [4.78, 5) is 8.06. The summed E-state index contributed by atoms with van der Waals surface area (Å²) in [5.74, 6) is 1.30. The number of hydrogen-bond donors (Lipinski definition) is 2. The minimum absolute atomic E-state index is 0.403. The molecule has 3 nitrogen and oxygen atoms in total. The third kappa shape index (κ3) is 2.89. The van der Waals surface area contributed by atoms with E-state index in [0.717, 1.165) is 33.8 Å². The van der Waals surface area contributed by atoms with E-state index in [4.69, 9.17) is 0 Å². The molecule has 0 fully saturated rings. The summed E-state index contributed by atoms with van der Waals surface area (Å²) in [6.07, 6.45) is 0. The number of aromatic amines is 1. The number of fused-ring (bicyclic) bond motifs is 1. The number of allylic oxidation sites excluding steroid dienone is 1. The van der Waals surface area contributed by atoms with Gasteiger partial charge in [0.15, 0.2) is 0 Å². The smallest absolute Gasteiger partial charge is 0.138 e. The standard InChI is InChI=1S/C19H21N3/c1-12(2)14(4)20-16-9-10-17-18(11-16)22-19(21-17)15-7-5-13(3)6-8-15/h5-12,20H,4H2,1-3H3,(H,21,22). The van der Waals surface area contributed by atoms with Gasteiger partial charge in [-0.15, -0.1) is 0 Å². The quantitative estimate of drug-likeness (QED) is 0.700. The first-order chi connectivity index (χ1) is 10.5. The largest absolute Gasteiger partial charge is 0.359 e. The molecule has 0 aliphatic heterocycles. The van der Waals surface area contributed by atoms with Gasteiger partial charge in [0.1, 0.15) is 5.82 Å². The Balaban J connectivity index is 1.93. The first-order valence-electron chi connectivity index (χ1n) is 7.55. The minimum Gasteiger partial charge on any atom is -0.359 e. The van der Waals surface area contributed by atoms with Gasteiger partial charge in [-0.2, -0.15) is 0 Å². The van der Waals surface area contributed by atoms with E-state index in [-0.39, 0.29) is 0 Å². The highest BCUT2D eigenvalue weighted by atomic mass is 14.9. The van der Waals surface area contributed by atoms with Crippen LogP contribution in [0.15, 0.2) is 54.7 Å². The Labute approximate surface area is 131 Å². The van der Waals surface area contributed by atoms with Crippen LogP contribution in [0.5, 0.6) is 0 Å². The molecule has 3 rings (SSSR count). The molecule has 0 aliphatic carbocycles. The molecule has 1 heterocycles. The lowest BCUT2D eigenvalue weighted by atomic mass is 10.1. The van der Waals surface area contributed by atoms with Gasteiger partial charge < -0.3 is 10.3 Å². The number of imidazole rings is 1. The summed E-state index contributed by atoms with van der Waals surface area (Å²) in [5, 5.41) is 3.35. The Morgan fingerprint density at radius 2 is 1.86 bits per heavy atom. The second kappa shape index (κ2) is 5.68. The average Bonchev–Trinajstić information content (AvgIpc) is 2.91. The van der Waals surface area contributed by atoms with Crippen molar-refractivity contribution < 1.29 is 0 Å². The predicted octanol–water partition coefficient (Wildman–Crippen LogP) is 5.12. The molecule has 3 aromatic rings. The lowest BCUT2D eigenvalue weighted by molar-refractivity contribution is 0.778. The van der Waals surface area contributed by atoms with Crippen molar-refractivity contribution in [3.63, 3.8) is 0 Å². The molecule has 0 saturated heterocycles. The van der Waals surface area contributed by atoms with Crippen LogP contribution in [0.3, 0.4) is 0 Å². The normalized spacial score (nSPS) is 11.1. The summed E-state index contributed by atoms with van der Waals surface area (Å²) in [6, 6.07) is 14.5. The number of aryl methyl sites for hydroxylation is 1.